The Kier molecular flexibility index (Phi) is 6.67. The van der Waals surface area contributed by atoms with Gasteiger partial charge in [0.05, 0.1) is 0 Å². The molecule has 3 N–H and O–H groups in total. The molecule has 0 aromatic heterocycles. The molecular formula is C14H26N2O3. The van der Waals surface area contributed by atoms with Crippen LogP contribution in [0, 0.1) is 11.8 Å². The van der Waals surface area contributed by atoms with Crippen LogP contribution in [0.3, 0.4) is 0 Å². The first-order valence-corrected chi connectivity index (χ1v) is 7.31. The van der Waals surface area contributed by atoms with Crippen molar-refractivity contribution >= 4 is 12.0 Å². The van der Waals surface area contributed by atoms with Crippen LogP contribution in [-0.2, 0) is 4.79 Å². The average molecular weight is 270 g/mol. The van der Waals surface area contributed by atoms with E-state index in [1.54, 1.807) is 0 Å². The molecule has 0 aliphatic heterocycles. The zero-order valence-electron chi connectivity index (χ0n) is 11.9. The van der Waals surface area contributed by atoms with E-state index in [1.165, 1.54) is 25.7 Å². The third-order valence-corrected chi connectivity index (χ3v) is 4.08. The predicted octanol–water partition coefficient (Wildman–Crippen LogP) is 2.37. The third-order valence-electron chi connectivity index (χ3n) is 4.08. The fraction of sp³-hybridized carbons (Fsp3) is 0.857. The van der Waals surface area contributed by atoms with Crippen LogP contribution in [0.25, 0.3) is 0 Å². The molecule has 0 bridgehead atoms. The maximum Gasteiger partial charge on any atom is 0.326 e. The van der Waals surface area contributed by atoms with Gasteiger partial charge >= 0.3 is 12.0 Å². The Morgan fingerprint density at radius 2 is 1.95 bits per heavy atom. The summed E-state index contributed by atoms with van der Waals surface area (Å²) in [5, 5.41) is 14.4. The molecule has 0 spiro atoms. The zero-order chi connectivity index (χ0) is 14.3. The standard InChI is InChI=1S/C14H26N2O3/c1-3-10(2)12(13(17)18)16-14(19)15-9-8-11-6-4-5-7-11/h10-12H,3-9H2,1-2H3,(H,17,18)(H2,15,16,19)/t10-,12-/m0/s1. The number of aliphatic carboxylic acids is 1. The second-order valence-electron chi connectivity index (χ2n) is 5.54. The van der Waals surface area contributed by atoms with Gasteiger partial charge in [-0.3, -0.25) is 0 Å². The monoisotopic (exact) mass is 270 g/mol. The van der Waals surface area contributed by atoms with Crippen molar-refractivity contribution < 1.29 is 14.7 Å². The van der Waals surface area contributed by atoms with Gasteiger partial charge in [-0.25, -0.2) is 9.59 Å². The summed E-state index contributed by atoms with van der Waals surface area (Å²) in [6, 6.07) is -1.18. The summed E-state index contributed by atoms with van der Waals surface area (Å²) in [4.78, 5) is 22.7. The summed E-state index contributed by atoms with van der Waals surface area (Å²) in [7, 11) is 0. The molecule has 1 aliphatic rings. The topological polar surface area (TPSA) is 78.4 Å². The molecule has 2 amide bonds. The van der Waals surface area contributed by atoms with Crippen LogP contribution in [0.15, 0.2) is 0 Å². The number of carboxylic acids is 1. The van der Waals surface area contributed by atoms with Crippen molar-refractivity contribution in [3.8, 4) is 0 Å². The highest BCUT2D eigenvalue weighted by Gasteiger charge is 2.25. The maximum absolute atomic E-state index is 11.7. The van der Waals surface area contributed by atoms with Gasteiger partial charge in [0, 0.05) is 6.54 Å². The number of hydrogen-bond acceptors (Lipinski definition) is 2. The zero-order valence-corrected chi connectivity index (χ0v) is 11.9. The SMILES string of the molecule is CC[C@H](C)[C@H](NC(=O)NCCC1CCCC1)C(=O)O. The first-order chi connectivity index (χ1) is 9.04. The van der Waals surface area contributed by atoms with E-state index in [-0.39, 0.29) is 11.9 Å². The third kappa shape index (κ3) is 5.49. The minimum absolute atomic E-state index is 0.0712. The number of hydrogen-bond donors (Lipinski definition) is 3. The van der Waals surface area contributed by atoms with Crippen molar-refractivity contribution in [3.63, 3.8) is 0 Å². The molecule has 0 heterocycles. The number of carbonyl (C=O) groups is 2. The summed E-state index contributed by atoms with van der Waals surface area (Å²) in [6.07, 6.45) is 6.83. The van der Waals surface area contributed by atoms with E-state index in [0.717, 1.165) is 18.8 Å². The van der Waals surface area contributed by atoms with E-state index >= 15 is 0 Å². The molecule has 0 aromatic carbocycles. The van der Waals surface area contributed by atoms with Gasteiger partial charge in [0.25, 0.3) is 0 Å². The number of carbonyl (C=O) groups excluding carboxylic acids is 1. The highest BCUT2D eigenvalue weighted by Crippen LogP contribution is 2.26. The minimum atomic E-state index is -0.972. The van der Waals surface area contributed by atoms with Crippen molar-refractivity contribution in [3.05, 3.63) is 0 Å². The largest absolute Gasteiger partial charge is 0.480 e. The Morgan fingerprint density at radius 1 is 1.32 bits per heavy atom. The fourth-order valence-electron chi connectivity index (χ4n) is 2.56. The predicted molar refractivity (Wildman–Crippen MR) is 74.0 cm³/mol. The number of nitrogens with one attached hydrogen (secondary N) is 2. The molecule has 110 valence electrons. The van der Waals surface area contributed by atoms with Crippen molar-refractivity contribution in [2.45, 2.75) is 58.4 Å². The fourth-order valence-corrected chi connectivity index (χ4v) is 2.56. The summed E-state index contributed by atoms with van der Waals surface area (Å²) in [6.45, 7) is 4.38. The smallest absolute Gasteiger partial charge is 0.326 e. The van der Waals surface area contributed by atoms with Crippen molar-refractivity contribution in [1.82, 2.24) is 10.6 Å². The molecule has 0 radical (unpaired) electrons. The molecule has 1 aliphatic carbocycles. The summed E-state index contributed by atoms with van der Waals surface area (Å²) < 4.78 is 0. The van der Waals surface area contributed by atoms with Gasteiger partial charge in [-0.2, -0.15) is 0 Å². The normalized spacial score (nSPS) is 18.8. The van der Waals surface area contributed by atoms with E-state index in [2.05, 4.69) is 10.6 Å². The molecule has 5 nitrogen and oxygen atoms in total. The lowest BCUT2D eigenvalue weighted by molar-refractivity contribution is -0.140. The van der Waals surface area contributed by atoms with E-state index in [4.69, 9.17) is 5.11 Å². The second kappa shape index (κ2) is 8.02. The number of carboxylic acid groups (broad SMARTS) is 1. The van der Waals surface area contributed by atoms with Crippen molar-refractivity contribution in [1.29, 1.82) is 0 Å². The molecule has 0 aromatic rings. The van der Waals surface area contributed by atoms with Crippen LogP contribution in [0.4, 0.5) is 4.79 Å². The Labute approximate surface area is 115 Å². The summed E-state index contributed by atoms with van der Waals surface area (Å²) in [5.74, 6) is -0.316. The van der Waals surface area contributed by atoms with E-state index in [0.29, 0.717) is 6.54 Å². The Morgan fingerprint density at radius 3 is 2.47 bits per heavy atom. The van der Waals surface area contributed by atoms with Crippen LogP contribution < -0.4 is 10.6 Å². The van der Waals surface area contributed by atoms with E-state index < -0.39 is 12.0 Å². The van der Waals surface area contributed by atoms with E-state index in [9.17, 15) is 9.59 Å². The summed E-state index contributed by atoms with van der Waals surface area (Å²) >= 11 is 0. The number of rotatable bonds is 7. The van der Waals surface area contributed by atoms with Crippen LogP contribution in [0.5, 0.6) is 0 Å². The Hall–Kier alpha value is -1.26. The molecule has 0 unspecified atom stereocenters. The number of amides is 2. The van der Waals surface area contributed by atoms with E-state index in [1.807, 2.05) is 13.8 Å². The second-order valence-corrected chi connectivity index (χ2v) is 5.54. The van der Waals surface area contributed by atoms with Gasteiger partial charge in [0.2, 0.25) is 0 Å². The molecular weight excluding hydrogens is 244 g/mol. The lowest BCUT2D eigenvalue weighted by Gasteiger charge is -2.20. The van der Waals surface area contributed by atoms with Gasteiger partial charge < -0.3 is 15.7 Å². The number of urea groups is 1. The highest BCUT2D eigenvalue weighted by atomic mass is 16.4. The first kappa shape index (κ1) is 15.8. The van der Waals surface area contributed by atoms with Gasteiger partial charge in [-0.1, -0.05) is 46.0 Å². The average Bonchev–Trinajstić information content (AvgIpc) is 2.87. The Bertz CT molecular complexity index is 301. The van der Waals surface area contributed by atoms with Crippen LogP contribution in [-0.4, -0.2) is 29.7 Å². The molecule has 19 heavy (non-hydrogen) atoms. The van der Waals surface area contributed by atoms with Crippen LogP contribution >= 0.6 is 0 Å². The minimum Gasteiger partial charge on any atom is -0.480 e. The first-order valence-electron chi connectivity index (χ1n) is 7.31. The van der Waals surface area contributed by atoms with Gasteiger partial charge in [0.15, 0.2) is 0 Å². The molecule has 5 heteroatoms. The van der Waals surface area contributed by atoms with Crippen molar-refractivity contribution in [2.24, 2.45) is 11.8 Å². The molecule has 0 saturated heterocycles. The lowest BCUT2D eigenvalue weighted by Crippen LogP contribution is -2.49. The summed E-state index contributed by atoms with van der Waals surface area (Å²) in [5.41, 5.74) is 0. The molecule has 2 atom stereocenters. The molecule has 1 rings (SSSR count). The van der Waals surface area contributed by atoms with Gasteiger partial charge in [0.1, 0.15) is 6.04 Å². The lowest BCUT2D eigenvalue weighted by atomic mass is 9.99. The Balaban J connectivity index is 2.25. The van der Waals surface area contributed by atoms with Crippen molar-refractivity contribution in [2.75, 3.05) is 6.54 Å². The molecule has 1 saturated carbocycles. The van der Waals surface area contributed by atoms with Gasteiger partial charge in [-0.15, -0.1) is 0 Å². The van der Waals surface area contributed by atoms with Crippen LogP contribution in [0.1, 0.15) is 52.4 Å². The highest BCUT2D eigenvalue weighted by molar-refractivity contribution is 5.82. The van der Waals surface area contributed by atoms with Gasteiger partial charge in [-0.05, 0) is 18.3 Å². The molecule has 1 fully saturated rings. The quantitative estimate of drug-likeness (QED) is 0.664. The maximum atomic E-state index is 11.7. The van der Waals surface area contributed by atoms with Crippen LogP contribution in [0.2, 0.25) is 0 Å².